The maximum atomic E-state index is 12.9. The molecule has 2 unspecified atom stereocenters. The fraction of sp³-hybridized carbons (Fsp3) is 0.800. The van der Waals surface area contributed by atoms with Gasteiger partial charge < -0.3 is 0 Å². The Labute approximate surface area is 119 Å². The monoisotopic (exact) mass is 278 g/mol. The van der Waals surface area contributed by atoms with Gasteiger partial charge in [0.2, 0.25) is 11.8 Å². The molecule has 0 aromatic carbocycles. The highest BCUT2D eigenvalue weighted by Crippen LogP contribution is 2.43. The van der Waals surface area contributed by atoms with Crippen molar-refractivity contribution in [3.8, 4) is 0 Å². The van der Waals surface area contributed by atoms with E-state index in [1.807, 2.05) is 0 Å². The summed E-state index contributed by atoms with van der Waals surface area (Å²) in [6.07, 6.45) is 7.07. The number of nitrogens with one attached hydrogen (secondary N) is 1. The Kier molecular flexibility index (Phi) is 3.30. The van der Waals surface area contributed by atoms with Crippen molar-refractivity contribution in [3.63, 3.8) is 0 Å². The van der Waals surface area contributed by atoms with E-state index in [2.05, 4.69) is 12.2 Å². The number of urea groups is 1. The summed E-state index contributed by atoms with van der Waals surface area (Å²) in [5, 5.41) is 2.44. The average molecular weight is 278 g/mol. The van der Waals surface area contributed by atoms with E-state index in [0.717, 1.165) is 38.5 Å². The number of hydrogen-bond donors (Lipinski definition) is 1. The van der Waals surface area contributed by atoms with Crippen LogP contribution in [0.2, 0.25) is 0 Å². The quantitative estimate of drug-likeness (QED) is 0.748. The molecule has 0 bridgehead atoms. The Balaban J connectivity index is 1.91. The number of hydrogen-bond acceptors (Lipinski definition) is 3. The predicted molar refractivity (Wildman–Crippen MR) is 72.7 cm³/mol. The molecule has 1 aliphatic heterocycles. The molecule has 1 N–H and O–H groups in total. The van der Waals surface area contributed by atoms with Gasteiger partial charge in [-0.25, -0.2) is 4.79 Å². The number of amides is 4. The number of nitrogens with zero attached hydrogens (tertiary/aromatic N) is 1. The van der Waals surface area contributed by atoms with Crippen LogP contribution in [0.1, 0.15) is 58.3 Å². The van der Waals surface area contributed by atoms with Crippen molar-refractivity contribution in [1.29, 1.82) is 0 Å². The minimum atomic E-state index is -0.953. The van der Waals surface area contributed by atoms with Gasteiger partial charge in [0.25, 0.3) is 0 Å². The Hall–Kier alpha value is -1.39. The molecule has 4 amide bonds. The van der Waals surface area contributed by atoms with Crippen LogP contribution in [0.25, 0.3) is 0 Å². The molecule has 2 atom stereocenters. The summed E-state index contributed by atoms with van der Waals surface area (Å²) in [5.41, 5.74) is -0.953. The van der Waals surface area contributed by atoms with Gasteiger partial charge in [-0.15, -0.1) is 0 Å². The summed E-state index contributed by atoms with van der Waals surface area (Å²) >= 11 is 0. The number of carbonyl (C=O) groups excluding carboxylic acids is 3. The van der Waals surface area contributed by atoms with Crippen molar-refractivity contribution >= 4 is 17.8 Å². The molecule has 5 heteroatoms. The second-order valence-electron chi connectivity index (χ2n) is 6.55. The van der Waals surface area contributed by atoms with Crippen LogP contribution in [0.4, 0.5) is 4.79 Å². The first-order chi connectivity index (χ1) is 9.56. The van der Waals surface area contributed by atoms with Gasteiger partial charge in [-0.3, -0.25) is 19.8 Å². The Morgan fingerprint density at radius 1 is 1.05 bits per heavy atom. The van der Waals surface area contributed by atoms with Gasteiger partial charge in [-0.05, 0) is 31.6 Å². The van der Waals surface area contributed by atoms with Crippen LogP contribution in [-0.4, -0.2) is 28.8 Å². The maximum absolute atomic E-state index is 12.9. The van der Waals surface area contributed by atoms with E-state index in [1.54, 1.807) is 0 Å². The highest BCUT2D eigenvalue weighted by Gasteiger charge is 2.56. The molecule has 0 radical (unpaired) electrons. The van der Waals surface area contributed by atoms with Gasteiger partial charge in [-0.2, -0.15) is 0 Å². The van der Waals surface area contributed by atoms with E-state index in [-0.39, 0.29) is 17.9 Å². The van der Waals surface area contributed by atoms with E-state index in [1.165, 1.54) is 4.90 Å². The van der Waals surface area contributed by atoms with Gasteiger partial charge in [0.15, 0.2) is 0 Å². The number of carbonyl (C=O) groups is 3. The molecule has 110 valence electrons. The van der Waals surface area contributed by atoms with Crippen LogP contribution in [0, 0.1) is 11.3 Å². The summed E-state index contributed by atoms with van der Waals surface area (Å²) in [5.74, 6) is -0.280. The molecule has 0 aromatic rings. The topological polar surface area (TPSA) is 66.5 Å². The van der Waals surface area contributed by atoms with Crippen molar-refractivity contribution in [2.75, 3.05) is 0 Å². The van der Waals surface area contributed by atoms with Gasteiger partial charge >= 0.3 is 6.03 Å². The highest BCUT2D eigenvalue weighted by molar-refractivity contribution is 6.19. The third-order valence-electron chi connectivity index (χ3n) is 5.36. The third kappa shape index (κ3) is 1.86. The standard InChI is InChI=1S/C15H22N2O3/c1-10-6-2-3-7-11(10)17-13(19)15(8-4-5-9-15)12(18)16-14(17)20/h10-11H,2-9H2,1H3,(H,16,18,20). The summed E-state index contributed by atoms with van der Waals surface area (Å²) < 4.78 is 0. The van der Waals surface area contributed by atoms with Crippen molar-refractivity contribution in [1.82, 2.24) is 10.2 Å². The summed E-state index contributed by atoms with van der Waals surface area (Å²) in [6.45, 7) is 2.10. The zero-order chi connectivity index (χ0) is 14.3. The molecule has 0 aromatic heterocycles. The molecule has 3 fully saturated rings. The lowest BCUT2D eigenvalue weighted by molar-refractivity contribution is -0.153. The molecule has 2 saturated carbocycles. The lowest BCUT2D eigenvalue weighted by Gasteiger charge is -2.44. The maximum Gasteiger partial charge on any atom is 0.331 e. The molecule has 3 rings (SSSR count). The van der Waals surface area contributed by atoms with Crippen molar-refractivity contribution in [2.24, 2.45) is 11.3 Å². The van der Waals surface area contributed by atoms with Crippen LogP contribution in [0.15, 0.2) is 0 Å². The second kappa shape index (κ2) is 4.86. The molecular weight excluding hydrogens is 256 g/mol. The van der Waals surface area contributed by atoms with Crippen LogP contribution in [0.3, 0.4) is 0 Å². The van der Waals surface area contributed by atoms with Crippen LogP contribution < -0.4 is 5.32 Å². The molecule has 1 saturated heterocycles. The molecule has 20 heavy (non-hydrogen) atoms. The minimum Gasteiger partial charge on any atom is -0.277 e. The van der Waals surface area contributed by atoms with E-state index in [9.17, 15) is 14.4 Å². The van der Waals surface area contributed by atoms with Gasteiger partial charge in [-0.1, -0.05) is 32.6 Å². The first-order valence-corrected chi connectivity index (χ1v) is 7.75. The number of imide groups is 2. The van der Waals surface area contributed by atoms with E-state index >= 15 is 0 Å². The Bertz CT molecular complexity index is 454. The second-order valence-corrected chi connectivity index (χ2v) is 6.55. The smallest absolute Gasteiger partial charge is 0.277 e. The van der Waals surface area contributed by atoms with Gasteiger partial charge in [0.05, 0.1) is 0 Å². The summed E-state index contributed by atoms with van der Waals surface area (Å²) in [6, 6.07) is -0.543. The van der Waals surface area contributed by atoms with E-state index in [0.29, 0.717) is 18.8 Å². The SMILES string of the molecule is CC1CCCCC1N1C(=O)NC(=O)C2(CCCC2)C1=O. The van der Waals surface area contributed by atoms with Crippen LogP contribution in [-0.2, 0) is 9.59 Å². The van der Waals surface area contributed by atoms with Crippen molar-refractivity contribution in [2.45, 2.75) is 64.3 Å². The van der Waals surface area contributed by atoms with Crippen LogP contribution in [0.5, 0.6) is 0 Å². The van der Waals surface area contributed by atoms with Gasteiger partial charge in [0, 0.05) is 6.04 Å². The lowest BCUT2D eigenvalue weighted by atomic mass is 9.79. The zero-order valence-corrected chi connectivity index (χ0v) is 12.0. The number of rotatable bonds is 1. The van der Waals surface area contributed by atoms with Crippen molar-refractivity contribution < 1.29 is 14.4 Å². The third-order valence-corrected chi connectivity index (χ3v) is 5.36. The Morgan fingerprint density at radius 3 is 2.35 bits per heavy atom. The fourth-order valence-electron chi connectivity index (χ4n) is 4.10. The Morgan fingerprint density at radius 2 is 1.70 bits per heavy atom. The molecule has 1 spiro atoms. The first-order valence-electron chi connectivity index (χ1n) is 7.75. The lowest BCUT2D eigenvalue weighted by Crippen LogP contribution is -2.66. The average Bonchev–Trinajstić information content (AvgIpc) is 2.90. The van der Waals surface area contributed by atoms with E-state index in [4.69, 9.17) is 0 Å². The normalized spacial score (nSPS) is 33.6. The van der Waals surface area contributed by atoms with Gasteiger partial charge in [0.1, 0.15) is 5.41 Å². The molecule has 5 nitrogen and oxygen atoms in total. The zero-order valence-electron chi connectivity index (χ0n) is 12.0. The van der Waals surface area contributed by atoms with Crippen LogP contribution >= 0.6 is 0 Å². The molecule has 2 aliphatic carbocycles. The molecular formula is C15H22N2O3. The minimum absolute atomic E-state index is 0.0400. The van der Waals surface area contributed by atoms with Crippen molar-refractivity contribution in [3.05, 3.63) is 0 Å². The summed E-state index contributed by atoms with van der Waals surface area (Å²) in [4.78, 5) is 38.6. The van der Waals surface area contributed by atoms with E-state index < -0.39 is 11.4 Å². The molecule has 1 heterocycles. The molecule has 3 aliphatic rings. The number of barbiturate groups is 1. The largest absolute Gasteiger partial charge is 0.331 e. The fourth-order valence-corrected chi connectivity index (χ4v) is 4.10. The first kappa shape index (κ1) is 13.6. The summed E-state index contributed by atoms with van der Waals surface area (Å²) in [7, 11) is 0. The predicted octanol–water partition coefficient (Wildman–Crippen LogP) is 2.20. The highest BCUT2D eigenvalue weighted by atomic mass is 16.2.